The Bertz CT molecular complexity index is 1430. The van der Waals surface area contributed by atoms with Crippen LogP contribution in [0.1, 0.15) is 18.4 Å². The monoisotopic (exact) mass is 469 g/mol. The van der Waals surface area contributed by atoms with Crippen molar-refractivity contribution in [1.82, 2.24) is 9.97 Å². The largest absolute Gasteiger partial charge is 0.457 e. The highest BCUT2D eigenvalue weighted by Crippen LogP contribution is 2.58. The molecule has 1 spiro atoms. The zero-order chi connectivity index (χ0) is 24.0. The molecule has 0 unspecified atom stereocenters. The van der Waals surface area contributed by atoms with Crippen LogP contribution in [-0.4, -0.2) is 21.4 Å². The van der Waals surface area contributed by atoms with Gasteiger partial charge < -0.3 is 15.0 Å². The summed E-state index contributed by atoms with van der Waals surface area (Å²) in [4.78, 5) is 21.2. The molecule has 1 aliphatic carbocycles. The summed E-state index contributed by atoms with van der Waals surface area (Å²) in [6.07, 6.45) is 3.04. The Hall–Kier alpha value is -4.53. The average Bonchev–Trinajstić information content (AvgIpc) is 3.58. The number of nitrogens with one attached hydrogen (secondary N) is 1. The normalized spacial score (nSPS) is 15.1. The molecule has 8 nitrogen and oxygen atoms in total. The maximum absolute atomic E-state index is 14.9. The first kappa shape index (κ1) is 21.0. The van der Waals surface area contributed by atoms with Gasteiger partial charge in [0.2, 0.25) is 5.95 Å². The van der Waals surface area contributed by atoms with Crippen LogP contribution in [0.5, 0.6) is 11.5 Å². The average molecular weight is 469 g/mol. The Morgan fingerprint density at radius 3 is 2.49 bits per heavy atom. The topological polar surface area (TPSA) is 93.4 Å². The van der Waals surface area contributed by atoms with Gasteiger partial charge in [0, 0.05) is 29.8 Å². The molecule has 0 radical (unpaired) electrons. The number of ether oxygens (including phenoxy) is 1. The summed E-state index contributed by atoms with van der Waals surface area (Å²) in [6, 6.07) is 21.5. The van der Waals surface area contributed by atoms with Crippen molar-refractivity contribution >= 4 is 28.8 Å². The maximum atomic E-state index is 14.9. The van der Waals surface area contributed by atoms with Gasteiger partial charge in [0.05, 0.1) is 16.8 Å². The minimum atomic E-state index is -0.586. The number of anilines is 4. The van der Waals surface area contributed by atoms with Gasteiger partial charge in [0.1, 0.15) is 11.5 Å². The van der Waals surface area contributed by atoms with Crippen molar-refractivity contribution in [2.24, 2.45) is 0 Å². The minimum absolute atomic E-state index is 0.0305. The van der Waals surface area contributed by atoms with Crippen LogP contribution in [0.2, 0.25) is 0 Å². The van der Waals surface area contributed by atoms with Gasteiger partial charge in [-0.05, 0) is 60.9 Å². The van der Waals surface area contributed by atoms with Gasteiger partial charge in [-0.15, -0.1) is 0 Å². The van der Waals surface area contributed by atoms with Crippen LogP contribution in [0, 0.1) is 15.9 Å². The molecular formula is C26H20FN5O3. The van der Waals surface area contributed by atoms with Gasteiger partial charge in [-0.2, -0.15) is 4.98 Å². The molecule has 3 aromatic carbocycles. The second-order valence-corrected chi connectivity index (χ2v) is 8.75. The molecule has 174 valence electrons. The zero-order valence-electron chi connectivity index (χ0n) is 18.5. The fraction of sp³-hybridized carbons (Fsp3) is 0.154. The number of non-ortho nitro benzene ring substituents is 1. The number of nitrogens with zero attached hydrogens (tertiary/aromatic N) is 4. The molecule has 1 aromatic heterocycles. The number of nitro benzene ring substituents is 1. The number of benzene rings is 3. The highest BCUT2D eigenvalue weighted by atomic mass is 19.1. The number of nitro groups is 1. The fourth-order valence-electron chi connectivity index (χ4n) is 4.51. The number of para-hydroxylation sites is 1. The van der Waals surface area contributed by atoms with E-state index < -0.39 is 10.7 Å². The number of rotatable bonds is 6. The summed E-state index contributed by atoms with van der Waals surface area (Å²) < 4.78 is 20.7. The Kier molecular flexibility index (Phi) is 4.84. The van der Waals surface area contributed by atoms with Gasteiger partial charge in [-0.1, -0.05) is 18.2 Å². The van der Waals surface area contributed by atoms with Gasteiger partial charge in [-0.3, -0.25) is 10.1 Å². The van der Waals surface area contributed by atoms with Crippen molar-refractivity contribution < 1.29 is 14.1 Å². The lowest BCUT2D eigenvalue weighted by molar-refractivity contribution is -0.384. The molecule has 0 saturated heterocycles. The third-order valence-corrected chi connectivity index (χ3v) is 6.44. The van der Waals surface area contributed by atoms with Crippen LogP contribution < -0.4 is 15.0 Å². The third kappa shape index (κ3) is 3.90. The molecule has 35 heavy (non-hydrogen) atoms. The zero-order valence-corrected chi connectivity index (χ0v) is 18.5. The molecule has 2 heterocycles. The van der Waals surface area contributed by atoms with E-state index in [2.05, 4.69) is 15.3 Å². The lowest BCUT2D eigenvalue weighted by Crippen LogP contribution is -2.22. The highest BCUT2D eigenvalue weighted by Gasteiger charge is 2.53. The molecule has 0 atom stereocenters. The van der Waals surface area contributed by atoms with Crippen molar-refractivity contribution in [1.29, 1.82) is 0 Å². The number of fused-ring (bicyclic) bond motifs is 2. The minimum Gasteiger partial charge on any atom is -0.457 e. The van der Waals surface area contributed by atoms with Crippen LogP contribution in [0.3, 0.4) is 0 Å². The predicted octanol–water partition coefficient (Wildman–Crippen LogP) is 6.24. The summed E-state index contributed by atoms with van der Waals surface area (Å²) in [5.41, 5.74) is 2.22. The Balaban J connectivity index is 1.26. The second-order valence-electron chi connectivity index (χ2n) is 8.75. The van der Waals surface area contributed by atoms with E-state index in [4.69, 9.17) is 4.74 Å². The van der Waals surface area contributed by atoms with E-state index in [9.17, 15) is 14.5 Å². The number of hydrogen-bond donors (Lipinski definition) is 1. The van der Waals surface area contributed by atoms with Crippen LogP contribution >= 0.6 is 0 Å². The first-order chi connectivity index (χ1) is 17.0. The van der Waals surface area contributed by atoms with Crippen molar-refractivity contribution in [3.05, 3.63) is 100 Å². The Morgan fingerprint density at radius 2 is 1.77 bits per heavy atom. The predicted molar refractivity (Wildman–Crippen MR) is 129 cm³/mol. The van der Waals surface area contributed by atoms with E-state index in [1.54, 1.807) is 11.0 Å². The summed E-state index contributed by atoms with van der Waals surface area (Å²) in [7, 11) is 0. The van der Waals surface area contributed by atoms with E-state index in [1.165, 1.54) is 12.1 Å². The molecule has 1 fully saturated rings. The first-order valence-corrected chi connectivity index (χ1v) is 11.2. The highest BCUT2D eigenvalue weighted by molar-refractivity contribution is 5.75. The van der Waals surface area contributed by atoms with E-state index >= 15 is 0 Å². The van der Waals surface area contributed by atoms with Crippen LogP contribution in [-0.2, 0) is 5.41 Å². The van der Waals surface area contributed by atoms with Crippen molar-refractivity contribution in [2.45, 2.75) is 18.3 Å². The van der Waals surface area contributed by atoms with Gasteiger partial charge in [0.15, 0.2) is 11.6 Å². The lowest BCUT2D eigenvalue weighted by Gasteiger charge is -2.20. The van der Waals surface area contributed by atoms with Gasteiger partial charge in [-0.25, -0.2) is 9.37 Å². The smallest absolute Gasteiger partial charge is 0.271 e. The SMILES string of the molecule is O=[N+]([O-])c1ccc2c(c1)N(c1nc(Nc3ccc(Oc4ccccc4)cc3)ncc1F)CC21CC1. The fourth-order valence-corrected chi connectivity index (χ4v) is 4.51. The second kappa shape index (κ2) is 8.05. The van der Waals surface area contributed by atoms with E-state index in [-0.39, 0.29) is 22.9 Å². The molecule has 2 aliphatic rings. The third-order valence-electron chi connectivity index (χ3n) is 6.44. The first-order valence-electron chi connectivity index (χ1n) is 11.2. The molecule has 0 bridgehead atoms. The summed E-state index contributed by atoms with van der Waals surface area (Å²) >= 11 is 0. The Morgan fingerprint density at radius 1 is 1.03 bits per heavy atom. The molecule has 1 saturated carbocycles. The molecular weight excluding hydrogens is 449 g/mol. The van der Waals surface area contributed by atoms with E-state index in [0.717, 1.165) is 30.4 Å². The molecule has 0 amide bonds. The number of aromatic nitrogens is 2. The molecule has 1 N–H and O–H groups in total. The van der Waals surface area contributed by atoms with E-state index in [1.807, 2.05) is 54.6 Å². The standard InChI is InChI=1S/C26H20FN5O3/c27-22-15-28-25(29-17-6-9-20(10-7-17)35-19-4-2-1-3-5-19)30-24(22)31-16-26(12-13-26)21-11-8-18(32(33)34)14-23(21)31/h1-11,14-15H,12-13,16H2,(H,28,29,30). The summed E-state index contributed by atoms with van der Waals surface area (Å²) in [5.74, 6) is 1.14. The molecule has 6 rings (SSSR count). The summed E-state index contributed by atoms with van der Waals surface area (Å²) in [5, 5.41) is 14.4. The quantitative estimate of drug-likeness (QED) is 0.264. The summed E-state index contributed by atoms with van der Waals surface area (Å²) in [6.45, 7) is 0.530. The van der Waals surface area contributed by atoms with Gasteiger partial charge in [0.25, 0.3) is 5.69 Å². The molecule has 9 heteroatoms. The van der Waals surface area contributed by atoms with Crippen LogP contribution in [0.4, 0.5) is 33.2 Å². The van der Waals surface area contributed by atoms with Crippen LogP contribution in [0.25, 0.3) is 0 Å². The maximum Gasteiger partial charge on any atom is 0.271 e. The van der Waals surface area contributed by atoms with Gasteiger partial charge >= 0.3 is 0 Å². The van der Waals surface area contributed by atoms with Crippen molar-refractivity contribution in [3.8, 4) is 11.5 Å². The van der Waals surface area contributed by atoms with Crippen LogP contribution in [0.15, 0.2) is 79.0 Å². The van der Waals surface area contributed by atoms with Crippen molar-refractivity contribution in [2.75, 3.05) is 16.8 Å². The van der Waals surface area contributed by atoms with Crippen molar-refractivity contribution in [3.63, 3.8) is 0 Å². The molecule has 1 aliphatic heterocycles. The Labute approximate surface area is 200 Å². The molecule has 4 aromatic rings. The lowest BCUT2D eigenvalue weighted by atomic mass is 9.98. The number of halogens is 1. The van der Waals surface area contributed by atoms with E-state index in [0.29, 0.717) is 23.7 Å². The number of hydrogen-bond acceptors (Lipinski definition) is 7.